The fraction of sp³-hybridized carbons (Fsp3) is 0.533. The lowest BCUT2D eigenvalue weighted by Gasteiger charge is -2.31. The van der Waals surface area contributed by atoms with Gasteiger partial charge in [0.25, 0.3) is 5.91 Å². The average molecular weight is 247 g/mol. The Kier molecular flexibility index (Phi) is 4.24. The van der Waals surface area contributed by atoms with Gasteiger partial charge in [0, 0.05) is 13.1 Å². The van der Waals surface area contributed by atoms with Gasteiger partial charge in [0.05, 0.1) is 12.7 Å². The van der Waals surface area contributed by atoms with Crippen molar-refractivity contribution < 1.29 is 9.53 Å². The lowest BCUT2D eigenvalue weighted by Crippen LogP contribution is -2.38. The molecule has 1 fully saturated rings. The lowest BCUT2D eigenvalue weighted by atomic mass is 9.94. The summed E-state index contributed by atoms with van der Waals surface area (Å²) in [6.45, 7) is 0. The van der Waals surface area contributed by atoms with Gasteiger partial charge in [0.2, 0.25) is 0 Å². The molecule has 0 radical (unpaired) electrons. The summed E-state index contributed by atoms with van der Waals surface area (Å²) < 4.78 is 5.26. The predicted molar refractivity (Wildman–Crippen MR) is 72.0 cm³/mol. The number of benzene rings is 1. The highest BCUT2D eigenvalue weighted by atomic mass is 16.5. The minimum absolute atomic E-state index is 0.0688. The van der Waals surface area contributed by atoms with Crippen molar-refractivity contribution in [3.05, 3.63) is 29.8 Å². The van der Waals surface area contributed by atoms with E-state index in [-0.39, 0.29) is 5.91 Å². The van der Waals surface area contributed by atoms with E-state index in [1.165, 1.54) is 19.3 Å². The van der Waals surface area contributed by atoms with Crippen LogP contribution >= 0.6 is 0 Å². The second-order valence-corrected chi connectivity index (χ2v) is 4.91. The first-order valence-corrected chi connectivity index (χ1v) is 6.64. The molecule has 1 aliphatic rings. The van der Waals surface area contributed by atoms with Gasteiger partial charge in [-0.3, -0.25) is 4.79 Å². The van der Waals surface area contributed by atoms with Gasteiger partial charge >= 0.3 is 0 Å². The maximum Gasteiger partial charge on any atom is 0.257 e. The van der Waals surface area contributed by atoms with Crippen LogP contribution in [0, 0.1) is 0 Å². The summed E-state index contributed by atoms with van der Waals surface area (Å²) in [7, 11) is 3.51. The summed E-state index contributed by atoms with van der Waals surface area (Å²) in [6.07, 6.45) is 6.00. The van der Waals surface area contributed by atoms with Gasteiger partial charge < -0.3 is 9.64 Å². The van der Waals surface area contributed by atoms with Crippen LogP contribution in [0.5, 0.6) is 5.75 Å². The van der Waals surface area contributed by atoms with Crippen LogP contribution in [0.2, 0.25) is 0 Å². The van der Waals surface area contributed by atoms with Crippen LogP contribution < -0.4 is 4.74 Å². The van der Waals surface area contributed by atoms with E-state index in [2.05, 4.69) is 0 Å². The van der Waals surface area contributed by atoms with Gasteiger partial charge in [-0.05, 0) is 25.0 Å². The predicted octanol–water partition coefficient (Wildman–Crippen LogP) is 3.10. The zero-order valence-electron chi connectivity index (χ0n) is 11.2. The SMILES string of the molecule is COc1ccccc1C(=O)N(C)C1CCCCC1. The number of nitrogens with zero attached hydrogens (tertiary/aromatic N) is 1. The number of methoxy groups -OCH3 is 1. The number of carbonyl (C=O) groups excluding carboxylic acids is 1. The first-order chi connectivity index (χ1) is 8.74. The molecule has 3 heteroatoms. The Hall–Kier alpha value is -1.51. The molecule has 0 spiro atoms. The lowest BCUT2D eigenvalue weighted by molar-refractivity contribution is 0.0693. The maximum absolute atomic E-state index is 12.5. The minimum atomic E-state index is 0.0688. The maximum atomic E-state index is 12.5. The fourth-order valence-corrected chi connectivity index (χ4v) is 2.65. The molecular weight excluding hydrogens is 226 g/mol. The van der Waals surface area contributed by atoms with E-state index in [1.807, 2.05) is 36.2 Å². The van der Waals surface area contributed by atoms with E-state index in [0.717, 1.165) is 12.8 Å². The van der Waals surface area contributed by atoms with Crippen LogP contribution in [0.15, 0.2) is 24.3 Å². The Bertz CT molecular complexity index is 411. The smallest absolute Gasteiger partial charge is 0.257 e. The molecule has 1 aliphatic carbocycles. The van der Waals surface area contributed by atoms with Gasteiger partial charge in [-0.25, -0.2) is 0 Å². The van der Waals surface area contributed by atoms with Crippen molar-refractivity contribution in [3.63, 3.8) is 0 Å². The summed E-state index contributed by atoms with van der Waals surface area (Å²) in [4.78, 5) is 14.4. The van der Waals surface area contributed by atoms with Gasteiger partial charge in [-0.15, -0.1) is 0 Å². The minimum Gasteiger partial charge on any atom is -0.496 e. The summed E-state index contributed by atoms with van der Waals surface area (Å²) in [5.74, 6) is 0.726. The Morgan fingerprint density at radius 1 is 1.22 bits per heavy atom. The van der Waals surface area contributed by atoms with E-state index in [0.29, 0.717) is 17.4 Å². The van der Waals surface area contributed by atoms with Crippen LogP contribution in [0.1, 0.15) is 42.5 Å². The zero-order chi connectivity index (χ0) is 13.0. The molecule has 98 valence electrons. The van der Waals surface area contributed by atoms with Crippen molar-refractivity contribution >= 4 is 5.91 Å². The summed E-state index contributed by atoms with van der Waals surface area (Å²) in [5.41, 5.74) is 0.660. The van der Waals surface area contributed by atoms with E-state index in [9.17, 15) is 4.79 Å². The molecule has 0 N–H and O–H groups in total. The quantitative estimate of drug-likeness (QED) is 0.821. The normalized spacial score (nSPS) is 16.3. The molecule has 0 atom stereocenters. The van der Waals surface area contributed by atoms with Gasteiger partial charge in [-0.1, -0.05) is 31.4 Å². The molecule has 0 unspecified atom stereocenters. The molecule has 1 aromatic rings. The van der Waals surface area contributed by atoms with Crippen molar-refractivity contribution in [2.45, 2.75) is 38.1 Å². The number of rotatable bonds is 3. The second-order valence-electron chi connectivity index (χ2n) is 4.91. The third-order valence-corrected chi connectivity index (χ3v) is 3.78. The highest BCUT2D eigenvalue weighted by molar-refractivity contribution is 5.97. The number of amides is 1. The summed E-state index contributed by atoms with van der Waals surface area (Å²) in [5, 5.41) is 0. The molecule has 3 nitrogen and oxygen atoms in total. The molecule has 0 aromatic heterocycles. The standard InChI is InChI=1S/C15H21NO2/c1-16(12-8-4-3-5-9-12)15(17)13-10-6-7-11-14(13)18-2/h6-7,10-12H,3-5,8-9H2,1-2H3. The van der Waals surface area contributed by atoms with Crippen molar-refractivity contribution in [2.24, 2.45) is 0 Å². The van der Waals surface area contributed by atoms with E-state index >= 15 is 0 Å². The van der Waals surface area contributed by atoms with Crippen LogP contribution in [0.4, 0.5) is 0 Å². The first kappa shape index (κ1) is 12.9. The number of hydrogen-bond donors (Lipinski definition) is 0. The molecule has 0 bridgehead atoms. The second kappa shape index (κ2) is 5.89. The van der Waals surface area contributed by atoms with E-state index in [1.54, 1.807) is 7.11 Å². The molecule has 0 aliphatic heterocycles. The van der Waals surface area contributed by atoms with Gasteiger partial charge in [0.15, 0.2) is 0 Å². The molecule has 1 amide bonds. The molecule has 1 aromatic carbocycles. The van der Waals surface area contributed by atoms with Crippen molar-refractivity contribution in [1.29, 1.82) is 0 Å². The number of hydrogen-bond acceptors (Lipinski definition) is 2. The van der Waals surface area contributed by atoms with Crippen LogP contribution in [0.25, 0.3) is 0 Å². The number of ether oxygens (including phenoxy) is 1. The van der Waals surface area contributed by atoms with Crippen LogP contribution in [-0.2, 0) is 0 Å². The van der Waals surface area contributed by atoms with Crippen LogP contribution in [-0.4, -0.2) is 31.0 Å². The molecule has 2 rings (SSSR count). The monoisotopic (exact) mass is 247 g/mol. The van der Waals surface area contributed by atoms with E-state index in [4.69, 9.17) is 4.74 Å². The van der Waals surface area contributed by atoms with Crippen LogP contribution in [0.3, 0.4) is 0 Å². The molecule has 0 heterocycles. The average Bonchev–Trinajstić information content (AvgIpc) is 2.46. The highest BCUT2D eigenvalue weighted by Gasteiger charge is 2.24. The van der Waals surface area contributed by atoms with Crippen molar-refractivity contribution in [1.82, 2.24) is 4.90 Å². The topological polar surface area (TPSA) is 29.5 Å². The fourth-order valence-electron chi connectivity index (χ4n) is 2.65. The summed E-state index contributed by atoms with van der Waals surface area (Å²) >= 11 is 0. The molecule has 1 saturated carbocycles. The first-order valence-electron chi connectivity index (χ1n) is 6.64. The summed E-state index contributed by atoms with van der Waals surface area (Å²) in [6, 6.07) is 7.82. The van der Waals surface area contributed by atoms with Crippen molar-refractivity contribution in [3.8, 4) is 5.75 Å². The third kappa shape index (κ3) is 2.66. The molecule has 0 saturated heterocycles. The zero-order valence-corrected chi connectivity index (χ0v) is 11.2. The molecular formula is C15H21NO2. The van der Waals surface area contributed by atoms with Crippen molar-refractivity contribution in [2.75, 3.05) is 14.2 Å². The number of carbonyl (C=O) groups is 1. The third-order valence-electron chi connectivity index (χ3n) is 3.78. The largest absolute Gasteiger partial charge is 0.496 e. The molecule has 18 heavy (non-hydrogen) atoms. The van der Waals surface area contributed by atoms with Gasteiger partial charge in [0.1, 0.15) is 5.75 Å². The Morgan fingerprint density at radius 2 is 1.89 bits per heavy atom. The number of para-hydroxylation sites is 1. The Labute approximate surface area is 109 Å². The Balaban J connectivity index is 2.14. The van der Waals surface area contributed by atoms with Gasteiger partial charge in [-0.2, -0.15) is 0 Å². The Morgan fingerprint density at radius 3 is 2.56 bits per heavy atom. The highest BCUT2D eigenvalue weighted by Crippen LogP contribution is 2.25. The van der Waals surface area contributed by atoms with E-state index < -0.39 is 0 Å².